The molecule has 1 aliphatic rings. The molecular formula is C24H42N10O8S. The van der Waals surface area contributed by atoms with E-state index in [4.69, 9.17) is 21.3 Å². The number of carboxylic acid groups (broad SMARTS) is 1. The second kappa shape index (κ2) is 15.5. The van der Waals surface area contributed by atoms with Crippen LogP contribution in [0.1, 0.15) is 38.3 Å². The number of aliphatic hydroxyl groups excluding tert-OH is 2. The number of likely N-dealkylation sites (N-methyl/N-ethyl adjacent to an activating group) is 1. The van der Waals surface area contributed by atoms with Crippen LogP contribution in [-0.2, 0) is 24.3 Å². The topological polar surface area (TPSA) is 273 Å². The number of nitrogen functional groups attached to an aromatic ring is 1. The van der Waals surface area contributed by atoms with Crippen molar-refractivity contribution < 1.29 is 38.1 Å². The standard InChI is InChI=1S/C24H42N10O8S/c1-33(11-7-14(25)23(38)39)12-15-18(36)19(37)22(42-15)34-13-29-17-20(26)31-24(32-21(17)34)28-10-9-27-16(35)6-4-3-5-8-30-43(2,40)41/h13-15,18-19,22,30,36-37H,3-12,25H2,1-2H3,(H,27,35)(H,38,39)(H3,26,28,31,32)/t14-,15+,18+,19+,22+/m0/s1. The van der Waals surface area contributed by atoms with Crippen molar-refractivity contribution in [2.45, 2.75) is 62.7 Å². The summed E-state index contributed by atoms with van der Waals surface area (Å²) in [5.74, 6) is -0.987. The summed E-state index contributed by atoms with van der Waals surface area (Å²) in [5.41, 5.74) is 12.2. The van der Waals surface area contributed by atoms with Crippen molar-refractivity contribution in [2.75, 3.05) is 57.1 Å². The third kappa shape index (κ3) is 10.2. The summed E-state index contributed by atoms with van der Waals surface area (Å²) in [7, 11) is -1.48. The Morgan fingerprint density at radius 2 is 1.91 bits per heavy atom. The zero-order chi connectivity index (χ0) is 31.7. The van der Waals surface area contributed by atoms with Crippen LogP contribution in [0, 0.1) is 0 Å². The van der Waals surface area contributed by atoms with E-state index in [2.05, 4.69) is 30.3 Å². The van der Waals surface area contributed by atoms with Crippen molar-refractivity contribution in [3.05, 3.63) is 6.33 Å². The molecule has 3 heterocycles. The lowest BCUT2D eigenvalue weighted by molar-refractivity contribution is -0.138. The molecule has 0 aromatic carbocycles. The third-order valence-corrected chi connectivity index (χ3v) is 7.59. The number of unbranched alkanes of at least 4 members (excludes halogenated alkanes) is 2. The van der Waals surface area contributed by atoms with E-state index in [0.717, 1.165) is 6.26 Å². The Morgan fingerprint density at radius 3 is 2.60 bits per heavy atom. The molecule has 1 saturated heterocycles. The summed E-state index contributed by atoms with van der Waals surface area (Å²) < 4.78 is 31.9. The number of aliphatic hydroxyl groups is 2. The Kier molecular flexibility index (Phi) is 12.4. The molecule has 1 aliphatic heterocycles. The summed E-state index contributed by atoms with van der Waals surface area (Å²) in [6, 6.07) is -1.01. The third-order valence-electron chi connectivity index (χ3n) is 6.87. The van der Waals surface area contributed by atoms with Crippen LogP contribution >= 0.6 is 0 Å². The number of rotatable bonds is 18. The molecule has 0 saturated carbocycles. The van der Waals surface area contributed by atoms with Gasteiger partial charge in [-0.25, -0.2) is 18.1 Å². The molecule has 19 heteroatoms. The SMILES string of the molecule is CN(CC[C@H](N)C(=O)O)C[C@H]1O[C@@H](n2cnc3c(N)nc(NCCNC(=O)CCCCCNS(C)(=O)=O)nc32)[C@H](O)[C@@H]1O. The van der Waals surface area contributed by atoms with Gasteiger partial charge in [0.25, 0.3) is 0 Å². The Bertz CT molecular complexity index is 1340. The molecule has 2 aromatic rings. The van der Waals surface area contributed by atoms with Gasteiger partial charge in [-0.3, -0.25) is 14.2 Å². The second-order valence-electron chi connectivity index (χ2n) is 10.6. The van der Waals surface area contributed by atoms with Crippen LogP contribution in [0.2, 0.25) is 0 Å². The maximum absolute atomic E-state index is 12.1. The average molecular weight is 631 g/mol. The van der Waals surface area contributed by atoms with Crippen molar-refractivity contribution in [2.24, 2.45) is 5.73 Å². The van der Waals surface area contributed by atoms with Crippen LogP contribution < -0.4 is 26.8 Å². The van der Waals surface area contributed by atoms with E-state index in [1.54, 1.807) is 11.9 Å². The van der Waals surface area contributed by atoms with Crippen molar-refractivity contribution >= 4 is 44.8 Å². The van der Waals surface area contributed by atoms with E-state index in [0.29, 0.717) is 45.3 Å². The minimum Gasteiger partial charge on any atom is -0.480 e. The summed E-state index contributed by atoms with van der Waals surface area (Å²) in [6.07, 6.45) is 0.637. The highest BCUT2D eigenvalue weighted by Crippen LogP contribution is 2.32. The predicted molar refractivity (Wildman–Crippen MR) is 156 cm³/mol. The fourth-order valence-corrected chi connectivity index (χ4v) is 5.02. The monoisotopic (exact) mass is 630 g/mol. The number of hydrogen-bond donors (Lipinski definition) is 8. The van der Waals surface area contributed by atoms with Gasteiger partial charge >= 0.3 is 5.97 Å². The van der Waals surface area contributed by atoms with E-state index in [1.165, 1.54) is 10.9 Å². The van der Waals surface area contributed by atoms with Gasteiger partial charge in [-0.1, -0.05) is 6.42 Å². The van der Waals surface area contributed by atoms with Crippen LogP contribution in [0.3, 0.4) is 0 Å². The fraction of sp³-hybridized carbons (Fsp3) is 0.708. The Hall–Kier alpha value is -3.20. The van der Waals surface area contributed by atoms with Crippen molar-refractivity contribution in [1.29, 1.82) is 0 Å². The molecule has 5 atom stereocenters. The maximum atomic E-state index is 12.1. The molecule has 3 rings (SSSR count). The molecule has 0 aliphatic carbocycles. The highest BCUT2D eigenvalue weighted by atomic mass is 32.2. The Morgan fingerprint density at radius 1 is 1.16 bits per heavy atom. The van der Waals surface area contributed by atoms with E-state index in [-0.39, 0.29) is 48.3 Å². The van der Waals surface area contributed by atoms with Gasteiger partial charge in [0.2, 0.25) is 21.9 Å². The number of amides is 1. The summed E-state index contributed by atoms with van der Waals surface area (Å²) in [6.45, 7) is 1.48. The number of anilines is 2. The number of carbonyl (C=O) groups is 2. The highest BCUT2D eigenvalue weighted by Gasteiger charge is 2.44. The molecule has 0 radical (unpaired) electrons. The molecule has 242 valence electrons. The summed E-state index contributed by atoms with van der Waals surface area (Å²) in [5, 5.41) is 36.2. The minimum absolute atomic E-state index is 0.0831. The van der Waals surface area contributed by atoms with E-state index < -0.39 is 46.6 Å². The Labute approximate surface area is 249 Å². The maximum Gasteiger partial charge on any atom is 0.320 e. The number of carboxylic acids is 1. The quantitative estimate of drug-likeness (QED) is 0.0784. The molecule has 43 heavy (non-hydrogen) atoms. The van der Waals surface area contributed by atoms with E-state index >= 15 is 0 Å². The van der Waals surface area contributed by atoms with Crippen molar-refractivity contribution in [3.8, 4) is 0 Å². The number of fused-ring (bicyclic) bond motifs is 1. The van der Waals surface area contributed by atoms with Gasteiger partial charge in [0.1, 0.15) is 29.9 Å². The summed E-state index contributed by atoms with van der Waals surface area (Å²) in [4.78, 5) is 37.7. The largest absolute Gasteiger partial charge is 0.480 e. The summed E-state index contributed by atoms with van der Waals surface area (Å²) >= 11 is 0. The number of nitrogens with zero attached hydrogens (tertiary/aromatic N) is 5. The number of ether oxygens (including phenoxy) is 1. The normalized spacial score (nSPS) is 21.3. The van der Waals surface area contributed by atoms with Crippen LogP contribution in [0.15, 0.2) is 6.33 Å². The lowest BCUT2D eigenvalue weighted by Crippen LogP contribution is -2.40. The first-order chi connectivity index (χ1) is 20.3. The van der Waals surface area contributed by atoms with Gasteiger partial charge in [0.05, 0.1) is 12.6 Å². The first-order valence-corrected chi connectivity index (χ1v) is 15.8. The van der Waals surface area contributed by atoms with Crippen LogP contribution in [0.25, 0.3) is 11.2 Å². The van der Waals surface area contributed by atoms with Crippen molar-refractivity contribution in [1.82, 2.24) is 34.5 Å². The smallest absolute Gasteiger partial charge is 0.320 e. The first-order valence-electron chi connectivity index (χ1n) is 13.9. The molecule has 18 nitrogen and oxygen atoms in total. The van der Waals surface area contributed by atoms with Gasteiger partial charge in [0.15, 0.2) is 17.7 Å². The number of aromatic nitrogens is 4. The van der Waals surface area contributed by atoms with Crippen molar-refractivity contribution in [3.63, 3.8) is 0 Å². The molecule has 1 fully saturated rings. The van der Waals surface area contributed by atoms with Gasteiger partial charge < -0.3 is 47.1 Å². The number of hydrogen-bond acceptors (Lipinski definition) is 14. The minimum atomic E-state index is -3.21. The van der Waals surface area contributed by atoms with E-state index in [1.807, 2.05) is 0 Å². The molecule has 0 spiro atoms. The van der Waals surface area contributed by atoms with Crippen LogP contribution in [0.5, 0.6) is 0 Å². The highest BCUT2D eigenvalue weighted by molar-refractivity contribution is 7.88. The van der Waals surface area contributed by atoms with Gasteiger partial charge in [0, 0.05) is 32.6 Å². The second-order valence-corrected chi connectivity index (χ2v) is 12.4. The van der Waals surface area contributed by atoms with E-state index in [9.17, 15) is 28.2 Å². The molecule has 2 aromatic heterocycles. The average Bonchev–Trinajstić information content (AvgIpc) is 3.47. The van der Waals surface area contributed by atoms with Gasteiger partial charge in [-0.15, -0.1) is 0 Å². The predicted octanol–water partition coefficient (Wildman–Crippen LogP) is -2.60. The number of carbonyl (C=O) groups excluding carboxylic acids is 1. The number of aliphatic carboxylic acids is 1. The fourth-order valence-electron chi connectivity index (χ4n) is 4.50. The molecule has 0 bridgehead atoms. The lowest BCUT2D eigenvalue weighted by atomic mass is 10.1. The first kappa shape index (κ1) is 34.3. The van der Waals surface area contributed by atoms with Gasteiger partial charge in [-0.2, -0.15) is 9.97 Å². The zero-order valence-electron chi connectivity index (χ0n) is 24.2. The molecule has 0 unspecified atom stereocenters. The zero-order valence-corrected chi connectivity index (χ0v) is 25.0. The van der Waals surface area contributed by atoms with Crippen LogP contribution in [0.4, 0.5) is 11.8 Å². The molecular weight excluding hydrogens is 588 g/mol. The lowest BCUT2D eigenvalue weighted by Gasteiger charge is -2.23. The number of nitrogens with two attached hydrogens (primary N) is 2. The number of nitrogens with one attached hydrogen (secondary N) is 3. The molecule has 10 N–H and O–H groups in total. The molecule has 1 amide bonds. The van der Waals surface area contributed by atoms with Gasteiger partial charge in [-0.05, 0) is 32.9 Å². The Balaban J connectivity index is 1.51. The number of sulfonamides is 1. The van der Waals surface area contributed by atoms with Crippen LogP contribution in [-0.4, -0.2) is 130 Å². The number of imidazole rings is 1.